The maximum atomic E-state index is 7.29. The van der Waals surface area contributed by atoms with E-state index in [1.54, 1.807) is 48.5 Å². The van der Waals surface area contributed by atoms with Gasteiger partial charge in [-0.1, -0.05) is 146 Å². The first-order valence-electron chi connectivity index (χ1n) is 24.6. The Balaban J connectivity index is 0.820. The first-order chi connectivity index (χ1) is 40.5. The van der Waals surface area contributed by atoms with Crippen molar-refractivity contribution in [3.8, 4) is 45.3 Å². The highest BCUT2D eigenvalue weighted by molar-refractivity contribution is 8.23. The Morgan fingerprint density at radius 1 is 0.221 bits per heavy atom. The minimum atomic E-state index is -3.84. The first kappa shape index (κ1) is 63.8. The van der Waals surface area contributed by atoms with Crippen LogP contribution in [0.3, 0.4) is 0 Å². The number of rotatable bonds is 12. The Kier molecular flexibility index (Phi) is 17.2. The fraction of sp³-hybridized carbons (Fsp3) is 0.0400. The molecule has 13 nitrogen and oxygen atoms in total. The van der Waals surface area contributed by atoms with E-state index in [0.717, 1.165) is 66.8 Å². The molecule has 4 atom stereocenters. The van der Waals surface area contributed by atoms with Gasteiger partial charge < -0.3 is 18.1 Å². The van der Waals surface area contributed by atoms with Gasteiger partial charge in [0.15, 0.2) is 0 Å². The van der Waals surface area contributed by atoms with Crippen LogP contribution in [0.2, 0.25) is 0 Å². The molecule has 3 heterocycles. The molecule has 3 aliphatic heterocycles. The summed E-state index contributed by atoms with van der Waals surface area (Å²) in [5, 5.41) is 0. The van der Waals surface area contributed by atoms with Crippen LogP contribution in [0, 0.1) is 0 Å². The predicted octanol–water partition coefficient (Wildman–Crippen LogP) is 30.5. The molecule has 0 saturated heterocycles. The Hall–Kier alpha value is -0.910. The number of hydrogen-bond donors (Lipinski definition) is 0. The molecule has 8 aromatic rings. The van der Waals surface area contributed by atoms with E-state index in [1.165, 1.54) is 0 Å². The van der Waals surface area contributed by atoms with E-state index < -0.39 is 67.5 Å². The van der Waals surface area contributed by atoms with Gasteiger partial charge in [-0.3, -0.25) is 0 Å². The fourth-order valence-corrected chi connectivity index (χ4v) is 59.0. The molecule has 0 N–H and O–H groups in total. The molecular formula is C50H32Cl14N9O4P9. The number of benzene rings is 8. The van der Waals surface area contributed by atoms with E-state index in [4.69, 9.17) is 180 Å². The molecule has 0 radical (unpaired) electrons. The number of nitrogens with zero attached hydrogens (tertiary/aromatic N) is 9. The summed E-state index contributed by atoms with van der Waals surface area (Å²) in [6.07, 6.45) is 0. The normalized spacial score (nSPS) is 25.6. The maximum Gasteiger partial charge on any atom is 0.352 e. The molecule has 0 aromatic heterocycles. The van der Waals surface area contributed by atoms with Gasteiger partial charge in [-0.05, 0) is 273 Å². The van der Waals surface area contributed by atoms with Gasteiger partial charge in [-0.2, -0.15) is 36.1 Å². The third-order valence-electron chi connectivity index (χ3n) is 13.9. The molecule has 0 fully saturated rings. The lowest BCUT2D eigenvalue weighted by Gasteiger charge is -2.34. The van der Waals surface area contributed by atoms with E-state index in [0.29, 0.717) is 23.0 Å². The van der Waals surface area contributed by atoms with Crippen LogP contribution in [0.15, 0.2) is 235 Å². The summed E-state index contributed by atoms with van der Waals surface area (Å²) in [5.74, 6) is -15.8. The lowest BCUT2D eigenvalue weighted by atomic mass is 9.68. The van der Waals surface area contributed by atoms with Gasteiger partial charge in [-0.15, -0.1) is 4.52 Å². The largest absolute Gasteiger partial charge is 0.431 e. The lowest BCUT2D eigenvalue weighted by Crippen LogP contribution is -2.28. The molecular weight excluding hydrogens is 1570 g/mol. The zero-order valence-electron chi connectivity index (χ0n) is 42.4. The van der Waals surface area contributed by atoms with Crippen LogP contribution in [-0.2, 0) is 10.8 Å². The van der Waals surface area contributed by atoms with Crippen molar-refractivity contribution in [1.82, 2.24) is 0 Å². The van der Waals surface area contributed by atoms with E-state index in [9.17, 15) is 0 Å². The van der Waals surface area contributed by atoms with Gasteiger partial charge in [0, 0.05) is 0 Å². The van der Waals surface area contributed by atoms with Crippen molar-refractivity contribution in [3.05, 3.63) is 239 Å². The third-order valence-corrected chi connectivity index (χ3v) is 49.2. The molecule has 13 rings (SSSR count). The van der Waals surface area contributed by atoms with E-state index in [-0.39, 0.29) is 0 Å². The second-order valence-electron chi connectivity index (χ2n) is 19.1. The Morgan fingerprint density at radius 2 is 0.419 bits per heavy atom. The number of halogens is 14. The highest BCUT2D eigenvalue weighted by Gasteiger charge is 2.49. The molecule has 2 aliphatic carbocycles. The fourth-order valence-electron chi connectivity index (χ4n) is 11.1. The smallest absolute Gasteiger partial charge is 0.352 e. The van der Waals surface area contributed by atoms with Crippen LogP contribution >= 0.6 is 214 Å². The highest BCUT2D eigenvalue weighted by atomic mass is 35.9. The second kappa shape index (κ2) is 23.2. The van der Waals surface area contributed by atoms with Crippen LogP contribution in [-0.4, -0.2) is 0 Å². The van der Waals surface area contributed by atoms with Crippen LogP contribution in [0.5, 0.6) is 23.0 Å². The second-order valence-corrected chi connectivity index (χ2v) is 56.7. The van der Waals surface area contributed by atoms with Crippen molar-refractivity contribution in [2.75, 3.05) is 0 Å². The van der Waals surface area contributed by atoms with Gasteiger partial charge in [0.25, 0.3) is 29.6 Å². The molecule has 444 valence electrons. The summed E-state index contributed by atoms with van der Waals surface area (Å²) in [7, 11) is 0. The minimum Gasteiger partial charge on any atom is -0.431 e. The third kappa shape index (κ3) is 12.3. The summed E-state index contributed by atoms with van der Waals surface area (Å²) in [6, 6.07) is 62.6. The Labute approximate surface area is 561 Å². The lowest BCUT2D eigenvalue weighted by molar-refractivity contribution is 0.606. The van der Waals surface area contributed by atoms with Crippen LogP contribution in [0.4, 0.5) is 0 Å². The van der Waals surface area contributed by atoms with Gasteiger partial charge in [-0.25, -0.2) is 0 Å². The predicted molar refractivity (Wildman–Crippen MR) is 376 cm³/mol. The summed E-state index contributed by atoms with van der Waals surface area (Å²) in [5.41, 5.74) is 10.1. The summed E-state index contributed by atoms with van der Waals surface area (Å²) < 4.78 is 64.0. The van der Waals surface area contributed by atoms with Gasteiger partial charge in [0.2, 0.25) is 0 Å². The first-order valence-corrected chi connectivity index (χ1v) is 52.2. The van der Waals surface area contributed by atoms with E-state index >= 15 is 0 Å². The topological polar surface area (TPSA) is 148 Å². The monoisotopic (exact) mass is 1590 g/mol. The molecule has 5 aliphatic rings. The molecule has 8 aromatic carbocycles. The Bertz CT molecular complexity index is 4370. The molecule has 0 saturated carbocycles. The average Bonchev–Trinajstić information content (AvgIpc) is 1.54. The maximum absolute atomic E-state index is 7.29. The quantitative estimate of drug-likeness (QED) is 0.112. The molecule has 0 spiro atoms. The van der Waals surface area contributed by atoms with Crippen molar-refractivity contribution in [3.63, 3.8) is 0 Å². The summed E-state index contributed by atoms with van der Waals surface area (Å²) >= 11 is 92.8. The average molecular weight is 1600 g/mol. The number of fused-ring (bicyclic) bond motifs is 6. The van der Waals surface area contributed by atoms with Gasteiger partial charge >= 0.3 is 27.1 Å². The van der Waals surface area contributed by atoms with Crippen LogP contribution < -0.4 is 18.1 Å². The standard InChI is InChI=1S/C50H32Cl14N9O4P9/c51-78(52)65-79(53,54)68-83(61,67-78)74-37-25-17-33(18-26-37)49(45-13-5-1-9-41(45)42-10-2-6-14-46(42)49)35-21-29-39(30-22-35)76-85(63)71-82(59,60)72-86(64,73-85)77-40-31-23-36(24-32-40)50(47-15-7-3-11-43(47)44-12-4-8-16-48(44)50)34-19-27-38(28-20-34)75-84(62)69-80(55,56)66-81(57,58)70-84/h1-32H. The van der Waals surface area contributed by atoms with E-state index in [2.05, 4.69) is 84.7 Å². The van der Waals surface area contributed by atoms with Crippen LogP contribution in [0.25, 0.3) is 22.3 Å². The van der Waals surface area contributed by atoms with Crippen molar-refractivity contribution in [2.45, 2.75) is 10.8 Å². The molecule has 36 heteroatoms. The molecule has 4 unspecified atom stereocenters. The highest BCUT2D eigenvalue weighted by Crippen LogP contribution is 2.88. The van der Waals surface area contributed by atoms with Crippen molar-refractivity contribution >= 4 is 214 Å². The SMILES string of the molecule is ClP1(Cl)=NP(Cl)(Cl)=NP(Cl)(Oc2ccc(C3(c4ccc(OP5(Cl)=NP(Cl)(Cl)=NP(Cl)(Oc6ccc(C7(c8ccc(OP9(Cl)=NP(Cl)(Cl)=NP(Cl)(Cl)=N9)cc8)c8ccccc8-c8ccccc87)cc6)=N5)cc4)c4ccccc4-c4ccccc43)cc2)=N1. The number of hydrogen-bond acceptors (Lipinski definition) is 13. The Morgan fingerprint density at radius 3 is 0.663 bits per heavy atom. The molecule has 86 heavy (non-hydrogen) atoms. The van der Waals surface area contributed by atoms with Crippen LogP contribution in [0.1, 0.15) is 44.5 Å². The van der Waals surface area contributed by atoms with Gasteiger partial charge in [0.1, 0.15) is 23.0 Å². The van der Waals surface area contributed by atoms with Gasteiger partial charge in [0.05, 0.1) is 10.8 Å². The molecule has 0 bridgehead atoms. The van der Waals surface area contributed by atoms with Crippen molar-refractivity contribution in [1.29, 1.82) is 0 Å². The zero-order chi connectivity index (χ0) is 60.6. The summed E-state index contributed by atoms with van der Waals surface area (Å²) in [4.78, 5) is 0. The van der Waals surface area contributed by atoms with Crippen molar-refractivity contribution in [2.24, 2.45) is 40.6 Å². The molecule has 0 amide bonds. The summed E-state index contributed by atoms with van der Waals surface area (Å²) in [6.45, 7) is -14.8. The minimum absolute atomic E-state index is 0.299. The van der Waals surface area contributed by atoms with E-state index in [1.807, 2.05) is 97.1 Å². The van der Waals surface area contributed by atoms with Crippen molar-refractivity contribution < 1.29 is 18.1 Å². The zero-order valence-corrected chi connectivity index (χ0v) is 61.1.